The summed E-state index contributed by atoms with van der Waals surface area (Å²) in [6.45, 7) is 5.42. The highest BCUT2D eigenvalue weighted by atomic mass is 35.5. The smallest absolute Gasteiger partial charge is 0.260 e. The Kier molecular flexibility index (Phi) is 11.8. The minimum absolute atomic E-state index is 0. The van der Waals surface area contributed by atoms with Crippen molar-refractivity contribution in [3.63, 3.8) is 0 Å². The van der Waals surface area contributed by atoms with Gasteiger partial charge in [-0.1, -0.05) is 36.4 Å². The molecule has 4 aromatic rings. The standard InChI is InChI=1S/C33H41FN6O4S.ClH/c1-22(2)40-31-25(20-35-33(37-31)36-26-11-13-27(14-12-26)39(3)16-17-44-4)18-28(32(40)41)24-10-15-30(29(34)19-24)38-45(42,43)21-23-8-6-5-7-9-23;/h5-10,15,18-20,22,26-27,38H,11-14,16-17,21H2,1-4H3,(H,35,36,37);1H. The van der Waals surface area contributed by atoms with E-state index >= 15 is 4.39 Å². The number of rotatable bonds is 12. The molecule has 2 N–H and O–H groups in total. The monoisotopic (exact) mass is 672 g/mol. The van der Waals surface area contributed by atoms with E-state index in [2.05, 4.69) is 27.0 Å². The molecule has 0 atom stereocenters. The van der Waals surface area contributed by atoms with Gasteiger partial charge < -0.3 is 15.0 Å². The predicted octanol–water partition coefficient (Wildman–Crippen LogP) is 5.84. The second-order valence-electron chi connectivity index (χ2n) is 12.0. The average Bonchev–Trinajstić information content (AvgIpc) is 3.01. The third-order valence-corrected chi connectivity index (χ3v) is 9.58. The lowest BCUT2D eigenvalue weighted by Gasteiger charge is -2.34. The van der Waals surface area contributed by atoms with Gasteiger partial charge in [0.1, 0.15) is 11.5 Å². The van der Waals surface area contributed by atoms with E-state index in [1.807, 2.05) is 13.8 Å². The van der Waals surface area contributed by atoms with Crippen LogP contribution in [0.1, 0.15) is 51.1 Å². The molecule has 2 aromatic heterocycles. The van der Waals surface area contributed by atoms with Gasteiger partial charge in [-0.15, -0.1) is 12.4 Å². The SMILES string of the molecule is COCCN(C)C1CCC(Nc2ncc3cc(-c4ccc(NS(=O)(=O)Cc5ccccc5)c(F)c4)c(=O)n(C(C)C)c3n2)CC1.Cl. The van der Waals surface area contributed by atoms with Crippen molar-refractivity contribution in [3.8, 4) is 11.1 Å². The van der Waals surface area contributed by atoms with Crippen LogP contribution in [0.3, 0.4) is 0 Å². The molecule has 1 saturated carbocycles. The maximum Gasteiger partial charge on any atom is 0.260 e. The Balaban J connectivity index is 0.00000480. The van der Waals surface area contributed by atoms with Gasteiger partial charge in [0, 0.05) is 48.9 Å². The van der Waals surface area contributed by atoms with E-state index in [0.29, 0.717) is 34.2 Å². The Hall–Kier alpha value is -3.58. The summed E-state index contributed by atoms with van der Waals surface area (Å²) >= 11 is 0. The molecule has 1 fully saturated rings. The van der Waals surface area contributed by atoms with Gasteiger partial charge in [-0.3, -0.25) is 14.1 Å². The third kappa shape index (κ3) is 8.41. The highest BCUT2D eigenvalue weighted by molar-refractivity contribution is 7.91. The molecule has 2 heterocycles. The van der Waals surface area contributed by atoms with Crippen molar-refractivity contribution in [2.24, 2.45) is 0 Å². The van der Waals surface area contributed by atoms with Gasteiger partial charge in [0.15, 0.2) is 0 Å². The summed E-state index contributed by atoms with van der Waals surface area (Å²) < 4.78 is 49.7. The second-order valence-corrected chi connectivity index (χ2v) is 13.7. The highest BCUT2D eigenvalue weighted by Gasteiger charge is 2.25. The number of ether oxygens (including phenoxy) is 1. The molecule has 0 bridgehead atoms. The van der Waals surface area contributed by atoms with E-state index in [-0.39, 0.29) is 47.1 Å². The molecule has 0 unspecified atom stereocenters. The number of hydrogen-bond donors (Lipinski definition) is 2. The van der Waals surface area contributed by atoms with Crippen molar-refractivity contribution in [1.82, 2.24) is 19.4 Å². The number of anilines is 2. The zero-order chi connectivity index (χ0) is 32.1. The fraction of sp³-hybridized carbons (Fsp3) is 0.424. The summed E-state index contributed by atoms with van der Waals surface area (Å²) in [5, 5.41) is 4.11. The van der Waals surface area contributed by atoms with Gasteiger partial charge in [-0.05, 0) is 75.9 Å². The molecule has 0 radical (unpaired) electrons. The first-order valence-electron chi connectivity index (χ1n) is 15.3. The lowest BCUT2D eigenvalue weighted by molar-refractivity contribution is 0.121. The van der Waals surface area contributed by atoms with Crippen LogP contribution in [0.2, 0.25) is 0 Å². The summed E-state index contributed by atoms with van der Waals surface area (Å²) in [5.41, 5.74) is 1.17. The zero-order valence-electron chi connectivity index (χ0n) is 26.6. The number of methoxy groups -OCH3 is 1. The Morgan fingerprint density at radius 1 is 1.09 bits per heavy atom. The van der Waals surface area contributed by atoms with Crippen LogP contribution in [0, 0.1) is 5.82 Å². The molecule has 2 aromatic carbocycles. The van der Waals surface area contributed by atoms with E-state index in [9.17, 15) is 13.2 Å². The van der Waals surface area contributed by atoms with Gasteiger partial charge >= 0.3 is 0 Å². The first-order chi connectivity index (χ1) is 21.5. The molecule has 5 rings (SSSR count). The van der Waals surface area contributed by atoms with Crippen molar-refractivity contribution in [3.05, 3.63) is 82.5 Å². The first kappa shape index (κ1) is 35.3. The van der Waals surface area contributed by atoms with Crippen LogP contribution >= 0.6 is 12.4 Å². The van der Waals surface area contributed by atoms with Crippen LogP contribution in [0.4, 0.5) is 16.0 Å². The molecule has 0 amide bonds. The minimum Gasteiger partial charge on any atom is -0.383 e. The third-order valence-electron chi connectivity index (χ3n) is 8.34. The van der Waals surface area contributed by atoms with Crippen LogP contribution in [-0.2, 0) is 20.5 Å². The highest BCUT2D eigenvalue weighted by Crippen LogP contribution is 2.28. The Morgan fingerprint density at radius 3 is 2.46 bits per heavy atom. The molecule has 1 aliphatic rings. The number of aromatic nitrogens is 3. The number of halogens is 2. The Bertz CT molecular complexity index is 1800. The summed E-state index contributed by atoms with van der Waals surface area (Å²) in [5.74, 6) is -0.600. The van der Waals surface area contributed by atoms with Crippen LogP contribution < -0.4 is 15.6 Å². The topological polar surface area (TPSA) is 118 Å². The molecule has 248 valence electrons. The largest absolute Gasteiger partial charge is 0.383 e. The fourth-order valence-electron chi connectivity index (χ4n) is 5.90. The number of pyridine rings is 1. The van der Waals surface area contributed by atoms with Crippen molar-refractivity contribution in [1.29, 1.82) is 0 Å². The van der Waals surface area contributed by atoms with Crippen molar-refractivity contribution in [2.75, 3.05) is 37.3 Å². The van der Waals surface area contributed by atoms with Crippen molar-refractivity contribution < 1.29 is 17.5 Å². The van der Waals surface area contributed by atoms with Crippen LogP contribution in [0.15, 0.2) is 65.6 Å². The number of benzene rings is 2. The summed E-state index contributed by atoms with van der Waals surface area (Å²) in [4.78, 5) is 25.4. The van der Waals surface area contributed by atoms with E-state index in [1.54, 1.807) is 54.3 Å². The molecule has 1 aliphatic carbocycles. The van der Waals surface area contributed by atoms with Crippen molar-refractivity contribution in [2.45, 2.75) is 63.4 Å². The number of hydrogen-bond acceptors (Lipinski definition) is 8. The predicted molar refractivity (Wildman–Crippen MR) is 184 cm³/mol. The van der Waals surface area contributed by atoms with E-state index < -0.39 is 15.8 Å². The Labute approximate surface area is 275 Å². The van der Waals surface area contributed by atoms with E-state index in [1.165, 1.54) is 18.2 Å². The normalized spacial score (nSPS) is 16.8. The maximum atomic E-state index is 15.2. The molecule has 0 aliphatic heterocycles. The van der Waals surface area contributed by atoms with Gasteiger partial charge in [0.25, 0.3) is 5.56 Å². The van der Waals surface area contributed by atoms with Gasteiger partial charge in [-0.2, -0.15) is 4.98 Å². The van der Waals surface area contributed by atoms with Gasteiger partial charge in [0.2, 0.25) is 16.0 Å². The zero-order valence-corrected chi connectivity index (χ0v) is 28.2. The lowest BCUT2D eigenvalue weighted by Crippen LogP contribution is -2.39. The van der Waals surface area contributed by atoms with Crippen LogP contribution in [0.25, 0.3) is 22.2 Å². The molecule has 13 heteroatoms. The molecular formula is C33H42ClFN6O4S. The van der Waals surface area contributed by atoms with Crippen LogP contribution in [-0.4, -0.2) is 67.2 Å². The number of likely N-dealkylation sites (N-methyl/N-ethyl adjacent to an activating group) is 1. The van der Waals surface area contributed by atoms with Gasteiger partial charge in [-0.25, -0.2) is 17.8 Å². The molecule has 10 nitrogen and oxygen atoms in total. The number of nitrogens with one attached hydrogen (secondary N) is 2. The fourth-order valence-corrected chi connectivity index (χ4v) is 7.10. The quantitative estimate of drug-likeness (QED) is 0.193. The maximum absolute atomic E-state index is 15.2. The number of nitrogens with zero attached hydrogens (tertiary/aromatic N) is 4. The summed E-state index contributed by atoms with van der Waals surface area (Å²) in [6, 6.07) is 14.9. The number of fused-ring (bicyclic) bond motifs is 1. The molecule has 46 heavy (non-hydrogen) atoms. The van der Waals surface area contributed by atoms with E-state index in [4.69, 9.17) is 9.72 Å². The average molecular weight is 673 g/mol. The van der Waals surface area contributed by atoms with Crippen LogP contribution in [0.5, 0.6) is 0 Å². The molecule has 0 saturated heterocycles. The number of sulfonamides is 1. The second kappa shape index (κ2) is 15.3. The van der Waals surface area contributed by atoms with Crippen molar-refractivity contribution >= 4 is 45.1 Å². The minimum atomic E-state index is -3.85. The summed E-state index contributed by atoms with van der Waals surface area (Å²) in [6.07, 6.45) is 5.79. The van der Waals surface area contributed by atoms with E-state index in [0.717, 1.165) is 38.8 Å². The molecule has 0 spiro atoms. The van der Waals surface area contributed by atoms with Gasteiger partial charge in [0.05, 0.1) is 18.0 Å². The lowest BCUT2D eigenvalue weighted by atomic mass is 9.90. The molecular weight excluding hydrogens is 631 g/mol. The Morgan fingerprint density at radius 2 is 1.80 bits per heavy atom. The summed E-state index contributed by atoms with van der Waals surface area (Å²) in [7, 11) is 0.00661. The first-order valence-corrected chi connectivity index (χ1v) is 16.9.